The predicted octanol–water partition coefficient (Wildman–Crippen LogP) is -0.292. The molecule has 2 aliphatic rings. The normalized spacial score (nSPS) is 14.3. The Morgan fingerprint density at radius 1 is 0.474 bits per heavy atom. The number of hydrogen-bond donors (Lipinski definition) is 4. The van der Waals surface area contributed by atoms with Gasteiger partial charge in [0.05, 0.1) is 22.3 Å². The Hall–Kier alpha value is -5.92. The third-order valence-electron chi connectivity index (χ3n) is 6.19. The van der Waals surface area contributed by atoms with E-state index in [2.05, 4.69) is 9.97 Å². The number of anilines is 2. The minimum Gasteiger partial charge on any atom is -0.312 e. The van der Waals surface area contributed by atoms with E-state index in [4.69, 9.17) is 0 Å². The van der Waals surface area contributed by atoms with Crippen LogP contribution in [0.5, 0.6) is 0 Å². The molecule has 0 aliphatic carbocycles. The van der Waals surface area contributed by atoms with Crippen LogP contribution in [0.3, 0.4) is 0 Å². The molecule has 6 rings (SSSR count). The van der Waals surface area contributed by atoms with Gasteiger partial charge in [-0.1, -0.05) is 12.1 Å². The summed E-state index contributed by atoms with van der Waals surface area (Å²) in [5.41, 5.74) is -3.27. The second-order valence-electron chi connectivity index (χ2n) is 8.33. The number of nitrogens with one attached hydrogen (secondary N) is 4. The van der Waals surface area contributed by atoms with Gasteiger partial charge in [-0.15, -0.1) is 0 Å². The van der Waals surface area contributed by atoms with E-state index in [0.717, 1.165) is 12.4 Å². The van der Waals surface area contributed by atoms with Crippen LogP contribution >= 0.6 is 0 Å². The Bertz CT molecular complexity index is 1870. The van der Waals surface area contributed by atoms with Crippen LogP contribution in [0.4, 0.5) is 11.4 Å². The molecule has 0 radical (unpaired) electrons. The smallest absolute Gasteiger partial charge is 0.312 e. The van der Waals surface area contributed by atoms with E-state index in [9.17, 15) is 38.4 Å². The molecule has 0 bridgehead atoms. The second kappa shape index (κ2) is 7.79. The van der Waals surface area contributed by atoms with Gasteiger partial charge in [0.15, 0.2) is 0 Å². The first-order chi connectivity index (χ1) is 18.2. The number of benzene rings is 2. The third-order valence-corrected chi connectivity index (χ3v) is 6.19. The van der Waals surface area contributed by atoms with Crippen LogP contribution in [0.25, 0.3) is 11.1 Å². The minimum atomic E-state index is -0.920. The van der Waals surface area contributed by atoms with Crippen molar-refractivity contribution in [1.82, 2.24) is 19.9 Å². The Morgan fingerprint density at radius 2 is 0.842 bits per heavy atom. The van der Waals surface area contributed by atoms with Crippen LogP contribution in [-0.2, 0) is 0 Å². The summed E-state index contributed by atoms with van der Waals surface area (Å²) >= 11 is 0. The van der Waals surface area contributed by atoms with Crippen molar-refractivity contribution in [2.24, 2.45) is 0 Å². The molecule has 4 heterocycles. The van der Waals surface area contributed by atoms with Crippen molar-refractivity contribution in [2.75, 3.05) is 9.80 Å². The van der Waals surface area contributed by atoms with Crippen molar-refractivity contribution in [3.8, 4) is 11.1 Å². The molecule has 4 aromatic rings. The number of fused-ring (bicyclic) bond motifs is 2. The van der Waals surface area contributed by atoms with E-state index in [-0.39, 0.29) is 33.6 Å². The largest absolute Gasteiger partial charge is 0.325 e. The van der Waals surface area contributed by atoms with Crippen LogP contribution in [-0.4, -0.2) is 43.6 Å². The monoisotopic (exact) mass is 512 g/mol. The molecule has 0 atom stereocenters. The molecule has 186 valence electrons. The first kappa shape index (κ1) is 22.5. The Labute approximate surface area is 208 Å². The van der Waals surface area contributed by atoms with Gasteiger partial charge in [-0.2, -0.15) is 0 Å². The van der Waals surface area contributed by atoms with E-state index in [0.29, 0.717) is 20.9 Å². The standard InChI is InChI=1S/C24H12N6O8/c31-17-15(7-25-23(37)27-17)29-19(33)11-3-1-9(5-13(11)21(29)35)10-2-4-12-14(6-10)22(36)30(20(12)34)16-8-26-24(38)28-18(16)32/h1-8H,(H2,25,27,31,37)(H2,26,28,32,38). The molecular weight excluding hydrogens is 500 g/mol. The summed E-state index contributed by atoms with van der Waals surface area (Å²) in [6, 6.07) is 8.63. The van der Waals surface area contributed by atoms with Crippen LogP contribution in [0, 0.1) is 0 Å². The van der Waals surface area contributed by atoms with Crippen molar-refractivity contribution in [1.29, 1.82) is 0 Å². The highest BCUT2D eigenvalue weighted by Gasteiger charge is 2.40. The number of carbonyl (C=O) groups excluding carboxylic acids is 4. The van der Waals surface area contributed by atoms with Crippen molar-refractivity contribution in [3.05, 3.63) is 113 Å². The molecule has 0 saturated heterocycles. The average Bonchev–Trinajstić information content (AvgIpc) is 3.28. The highest BCUT2D eigenvalue weighted by molar-refractivity contribution is 6.35. The summed E-state index contributed by atoms with van der Waals surface area (Å²) in [5.74, 6) is -3.10. The van der Waals surface area contributed by atoms with Gasteiger partial charge >= 0.3 is 11.4 Å². The molecule has 0 saturated carbocycles. The number of hydrogen-bond acceptors (Lipinski definition) is 8. The SMILES string of the molecule is O=C1c2ccc(-c3ccc4c(c3)C(=O)N(c3c[nH]c(=O)[nH]c3=O)C4=O)cc2C(=O)N1c1c[nH]c(=O)[nH]c1=O. The lowest BCUT2D eigenvalue weighted by Gasteiger charge is -2.11. The molecule has 14 nitrogen and oxygen atoms in total. The van der Waals surface area contributed by atoms with Crippen LogP contribution in [0.1, 0.15) is 41.4 Å². The van der Waals surface area contributed by atoms with Gasteiger partial charge in [0, 0.05) is 12.4 Å². The fourth-order valence-corrected chi connectivity index (χ4v) is 4.42. The number of imide groups is 2. The van der Waals surface area contributed by atoms with E-state index >= 15 is 0 Å². The molecule has 0 fully saturated rings. The molecule has 0 unspecified atom stereocenters. The van der Waals surface area contributed by atoms with Gasteiger partial charge in [-0.3, -0.25) is 38.7 Å². The van der Waals surface area contributed by atoms with Crippen LogP contribution < -0.4 is 32.3 Å². The zero-order chi connectivity index (χ0) is 26.9. The fourth-order valence-electron chi connectivity index (χ4n) is 4.42. The minimum absolute atomic E-state index is 0.0117. The molecule has 2 aliphatic heterocycles. The number of carbonyl (C=O) groups is 4. The maximum Gasteiger partial charge on any atom is 0.325 e. The van der Waals surface area contributed by atoms with Gasteiger partial charge in [0.25, 0.3) is 34.7 Å². The third kappa shape index (κ3) is 3.13. The lowest BCUT2D eigenvalue weighted by atomic mass is 9.97. The van der Waals surface area contributed by atoms with E-state index in [1.54, 1.807) is 0 Å². The summed E-state index contributed by atoms with van der Waals surface area (Å²) in [6.07, 6.45) is 1.93. The molecule has 2 aromatic heterocycles. The first-order valence-electron chi connectivity index (χ1n) is 10.9. The first-order valence-corrected chi connectivity index (χ1v) is 10.9. The lowest BCUT2D eigenvalue weighted by Crippen LogP contribution is -2.36. The van der Waals surface area contributed by atoms with Gasteiger partial charge in [0.1, 0.15) is 11.4 Å². The average molecular weight is 512 g/mol. The zero-order valence-electron chi connectivity index (χ0n) is 18.8. The molecule has 4 amide bonds. The maximum atomic E-state index is 13.1. The number of H-pyrrole nitrogens is 4. The summed E-state index contributed by atoms with van der Waals surface area (Å²) in [4.78, 5) is 108. The second-order valence-corrected chi connectivity index (χ2v) is 8.33. The van der Waals surface area contributed by atoms with Gasteiger partial charge in [-0.25, -0.2) is 19.4 Å². The molecular formula is C24H12N6O8. The number of nitrogens with zero attached hydrogens (tertiary/aromatic N) is 2. The highest BCUT2D eigenvalue weighted by atomic mass is 16.2. The van der Waals surface area contributed by atoms with Crippen molar-refractivity contribution < 1.29 is 19.2 Å². The molecule has 14 heteroatoms. The zero-order valence-corrected chi connectivity index (χ0v) is 18.8. The van der Waals surface area contributed by atoms with Crippen LogP contribution in [0.15, 0.2) is 68.0 Å². The lowest BCUT2D eigenvalue weighted by molar-refractivity contribution is 0.0909. The quantitative estimate of drug-likeness (QED) is 0.268. The molecule has 0 spiro atoms. The summed E-state index contributed by atoms with van der Waals surface area (Å²) in [6.45, 7) is 0. The van der Waals surface area contributed by atoms with Crippen molar-refractivity contribution in [2.45, 2.75) is 0 Å². The van der Waals surface area contributed by atoms with Gasteiger partial charge in [-0.05, 0) is 35.4 Å². The van der Waals surface area contributed by atoms with Gasteiger partial charge in [0.2, 0.25) is 0 Å². The molecule has 2 aromatic carbocycles. The number of amides is 4. The molecule has 4 N–H and O–H groups in total. The maximum absolute atomic E-state index is 13.1. The fraction of sp³-hybridized carbons (Fsp3) is 0. The van der Waals surface area contributed by atoms with E-state index in [1.807, 2.05) is 9.97 Å². The molecule has 38 heavy (non-hydrogen) atoms. The Kier molecular flexibility index (Phi) is 4.62. The van der Waals surface area contributed by atoms with Gasteiger partial charge < -0.3 is 9.97 Å². The number of rotatable bonds is 3. The Morgan fingerprint density at radius 3 is 1.21 bits per heavy atom. The highest BCUT2D eigenvalue weighted by Crippen LogP contribution is 2.33. The van der Waals surface area contributed by atoms with Crippen molar-refractivity contribution in [3.63, 3.8) is 0 Å². The van der Waals surface area contributed by atoms with Crippen LogP contribution in [0.2, 0.25) is 0 Å². The topological polar surface area (TPSA) is 206 Å². The van der Waals surface area contributed by atoms with Crippen molar-refractivity contribution >= 4 is 35.0 Å². The predicted molar refractivity (Wildman–Crippen MR) is 130 cm³/mol. The van der Waals surface area contributed by atoms with E-state index in [1.165, 1.54) is 36.4 Å². The summed E-state index contributed by atoms with van der Waals surface area (Å²) in [5, 5.41) is 0. The Balaban J connectivity index is 1.38. The number of aromatic amines is 4. The summed E-state index contributed by atoms with van der Waals surface area (Å²) in [7, 11) is 0. The van der Waals surface area contributed by atoms with E-state index < -0.39 is 46.1 Å². The summed E-state index contributed by atoms with van der Waals surface area (Å²) < 4.78 is 0. The number of aromatic nitrogens is 4.